The standard InChI is InChI=1S/C12H15ClN4O4/c1-3-8(11(18)21-2)16(7-4-5-7)10-9(17(19)20)6-14-12(13)15-10/h6-8H,3-5H2,1-2H3/t8-/m1/s1. The van der Waals surface area contributed by atoms with Crippen LogP contribution in [0.3, 0.4) is 0 Å². The lowest BCUT2D eigenvalue weighted by atomic mass is 10.1. The molecule has 8 nitrogen and oxygen atoms in total. The Morgan fingerprint density at radius 2 is 2.33 bits per heavy atom. The zero-order valence-corrected chi connectivity index (χ0v) is 12.4. The molecule has 1 aromatic rings. The largest absolute Gasteiger partial charge is 0.467 e. The topological polar surface area (TPSA) is 98.5 Å². The monoisotopic (exact) mass is 314 g/mol. The van der Waals surface area contributed by atoms with Crippen molar-refractivity contribution in [3.05, 3.63) is 21.6 Å². The average Bonchev–Trinajstić information content (AvgIpc) is 3.27. The van der Waals surface area contributed by atoms with Gasteiger partial charge in [0.05, 0.1) is 12.0 Å². The second-order valence-electron chi connectivity index (χ2n) is 4.69. The number of carbonyl (C=O) groups is 1. The molecule has 0 aromatic carbocycles. The highest BCUT2D eigenvalue weighted by atomic mass is 35.5. The number of carbonyl (C=O) groups excluding carboxylic acids is 1. The molecule has 1 atom stereocenters. The number of nitrogens with zero attached hydrogens (tertiary/aromatic N) is 4. The number of hydrogen-bond acceptors (Lipinski definition) is 7. The normalized spacial score (nSPS) is 15.4. The van der Waals surface area contributed by atoms with Crippen LogP contribution in [0.25, 0.3) is 0 Å². The molecule has 0 N–H and O–H groups in total. The maximum absolute atomic E-state index is 11.9. The van der Waals surface area contributed by atoms with E-state index in [0.29, 0.717) is 6.42 Å². The second-order valence-corrected chi connectivity index (χ2v) is 5.03. The molecule has 1 aliphatic rings. The van der Waals surface area contributed by atoms with Crippen LogP contribution in [0.5, 0.6) is 0 Å². The molecular weight excluding hydrogens is 300 g/mol. The van der Waals surface area contributed by atoms with E-state index < -0.39 is 16.9 Å². The second kappa shape index (κ2) is 6.21. The van der Waals surface area contributed by atoms with Gasteiger partial charge in [-0.05, 0) is 30.9 Å². The van der Waals surface area contributed by atoms with Crippen molar-refractivity contribution in [3.8, 4) is 0 Å². The lowest BCUT2D eigenvalue weighted by Gasteiger charge is -2.29. The third-order valence-corrected chi connectivity index (χ3v) is 3.48. The van der Waals surface area contributed by atoms with Crippen molar-refractivity contribution in [1.82, 2.24) is 9.97 Å². The summed E-state index contributed by atoms with van der Waals surface area (Å²) in [5.41, 5.74) is -0.270. The summed E-state index contributed by atoms with van der Waals surface area (Å²) < 4.78 is 4.79. The van der Waals surface area contributed by atoms with E-state index in [2.05, 4.69) is 9.97 Å². The highest BCUT2D eigenvalue weighted by Gasteiger charge is 2.41. The number of methoxy groups -OCH3 is 1. The summed E-state index contributed by atoms with van der Waals surface area (Å²) in [6, 6.07) is -0.606. The summed E-state index contributed by atoms with van der Waals surface area (Å²) in [5.74, 6) is -0.381. The zero-order chi connectivity index (χ0) is 15.6. The van der Waals surface area contributed by atoms with Gasteiger partial charge in [-0.15, -0.1) is 0 Å². The molecule has 0 aliphatic heterocycles. The summed E-state index contributed by atoms with van der Waals surface area (Å²) in [6.07, 6.45) is 3.19. The van der Waals surface area contributed by atoms with E-state index in [4.69, 9.17) is 16.3 Å². The molecule has 1 saturated carbocycles. The molecule has 0 spiro atoms. The maximum Gasteiger partial charge on any atom is 0.329 e. The maximum atomic E-state index is 11.9. The molecule has 0 saturated heterocycles. The number of aromatic nitrogens is 2. The first-order valence-electron chi connectivity index (χ1n) is 6.52. The Balaban J connectivity index is 2.49. The van der Waals surface area contributed by atoms with Gasteiger partial charge in [0.2, 0.25) is 11.1 Å². The lowest BCUT2D eigenvalue weighted by molar-refractivity contribution is -0.384. The molecular formula is C12H15ClN4O4. The summed E-state index contributed by atoms with van der Waals surface area (Å²) in [4.78, 5) is 31.8. The smallest absolute Gasteiger partial charge is 0.329 e. The fourth-order valence-corrected chi connectivity index (χ4v) is 2.33. The number of hydrogen-bond donors (Lipinski definition) is 0. The van der Waals surface area contributed by atoms with E-state index in [1.807, 2.05) is 6.92 Å². The Bertz CT molecular complexity index is 564. The van der Waals surface area contributed by atoms with Gasteiger partial charge in [-0.25, -0.2) is 9.78 Å². The third kappa shape index (κ3) is 3.21. The molecule has 2 rings (SSSR count). The molecule has 1 aliphatic carbocycles. The van der Waals surface area contributed by atoms with E-state index in [1.165, 1.54) is 7.11 Å². The van der Waals surface area contributed by atoms with Crippen LogP contribution in [0.15, 0.2) is 6.20 Å². The van der Waals surface area contributed by atoms with E-state index >= 15 is 0 Å². The Kier molecular flexibility index (Phi) is 4.56. The van der Waals surface area contributed by atoms with Crippen LogP contribution in [0, 0.1) is 10.1 Å². The van der Waals surface area contributed by atoms with Gasteiger partial charge in [0, 0.05) is 6.04 Å². The summed E-state index contributed by atoms with van der Waals surface area (Å²) >= 11 is 5.76. The van der Waals surface area contributed by atoms with Crippen molar-refractivity contribution in [3.63, 3.8) is 0 Å². The number of anilines is 1. The first-order valence-corrected chi connectivity index (χ1v) is 6.90. The van der Waals surface area contributed by atoms with Gasteiger partial charge in [-0.3, -0.25) is 10.1 Å². The lowest BCUT2D eigenvalue weighted by Crippen LogP contribution is -2.44. The predicted octanol–water partition coefficient (Wildman–Crippen LogP) is 1.96. The highest BCUT2D eigenvalue weighted by Crippen LogP contribution is 2.38. The van der Waals surface area contributed by atoms with Gasteiger partial charge in [0.15, 0.2) is 0 Å². The number of rotatable bonds is 6. The van der Waals surface area contributed by atoms with Gasteiger partial charge >= 0.3 is 11.7 Å². The van der Waals surface area contributed by atoms with Crippen molar-refractivity contribution in [2.45, 2.75) is 38.3 Å². The molecule has 0 unspecified atom stereocenters. The summed E-state index contributed by atoms with van der Waals surface area (Å²) in [5, 5.41) is 11.1. The van der Waals surface area contributed by atoms with Crippen molar-refractivity contribution in [2.75, 3.05) is 12.0 Å². The number of ether oxygens (including phenoxy) is 1. The Morgan fingerprint density at radius 1 is 1.67 bits per heavy atom. The fourth-order valence-electron chi connectivity index (χ4n) is 2.21. The molecule has 21 heavy (non-hydrogen) atoms. The van der Waals surface area contributed by atoms with E-state index in [9.17, 15) is 14.9 Å². The summed E-state index contributed by atoms with van der Waals surface area (Å²) in [7, 11) is 1.29. The number of halogens is 1. The number of esters is 1. The van der Waals surface area contributed by atoms with Crippen molar-refractivity contribution < 1.29 is 14.5 Å². The van der Waals surface area contributed by atoms with Gasteiger partial charge < -0.3 is 9.64 Å². The zero-order valence-electron chi connectivity index (χ0n) is 11.7. The van der Waals surface area contributed by atoms with E-state index in [0.717, 1.165) is 19.0 Å². The Labute approximate surface area is 126 Å². The van der Waals surface area contributed by atoms with Gasteiger partial charge in [-0.1, -0.05) is 6.92 Å². The van der Waals surface area contributed by atoms with Crippen LogP contribution < -0.4 is 4.90 Å². The Morgan fingerprint density at radius 3 is 2.81 bits per heavy atom. The van der Waals surface area contributed by atoms with E-state index in [1.54, 1.807) is 4.90 Å². The predicted molar refractivity (Wildman–Crippen MR) is 75.3 cm³/mol. The molecule has 114 valence electrons. The minimum atomic E-state index is -0.632. The van der Waals surface area contributed by atoms with Gasteiger partial charge in [0.25, 0.3) is 0 Å². The van der Waals surface area contributed by atoms with Crippen LogP contribution in [0.2, 0.25) is 5.28 Å². The Hall–Kier alpha value is -1.96. The molecule has 1 fully saturated rings. The van der Waals surface area contributed by atoms with Crippen LogP contribution >= 0.6 is 11.6 Å². The highest BCUT2D eigenvalue weighted by molar-refractivity contribution is 6.28. The average molecular weight is 315 g/mol. The summed E-state index contributed by atoms with van der Waals surface area (Å²) in [6.45, 7) is 1.81. The number of nitro groups is 1. The molecule has 0 amide bonds. The first kappa shape index (κ1) is 15.4. The van der Waals surface area contributed by atoms with Crippen LogP contribution in [-0.4, -0.2) is 40.1 Å². The SMILES string of the molecule is CC[C@H](C(=O)OC)N(c1nc(Cl)ncc1[N+](=O)[O-])C1CC1. The minimum Gasteiger partial charge on any atom is -0.467 e. The molecule has 0 bridgehead atoms. The fraction of sp³-hybridized carbons (Fsp3) is 0.583. The van der Waals surface area contributed by atoms with E-state index in [-0.39, 0.29) is 22.8 Å². The van der Waals surface area contributed by atoms with Crippen LogP contribution in [0.1, 0.15) is 26.2 Å². The van der Waals surface area contributed by atoms with Crippen molar-refractivity contribution in [1.29, 1.82) is 0 Å². The molecule has 9 heteroatoms. The molecule has 1 aromatic heterocycles. The molecule has 0 radical (unpaired) electrons. The van der Waals surface area contributed by atoms with Crippen LogP contribution in [0.4, 0.5) is 11.5 Å². The quantitative estimate of drug-likeness (QED) is 0.342. The minimum absolute atomic E-state index is 0.0266. The van der Waals surface area contributed by atoms with Gasteiger partial charge in [0.1, 0.15) is 12.2 Å². The van der Waals surface area contributed by atoms with Crippen LogP contribution in [-0.2, 0) is 9.53 Å². The van der Waals surface area contributed by atoms with Gasteiger partial charge in [-0.2, -0.15) is 4.98 Å². The van der Waals surface area contributed by atoms with Crippen molar-refractivity contribution >= 4 is 29.1 Å². The first-order chi connectivity index (χ1) is 9.99. The molecule has 1 heterocycles. The van der Waals surface area contributed by atoms with Crippen molar-refractivity contribution in [2.24, 2.45) is 0 Å². The third-order valence-electron chi connectivity index (χ3n) is 3.30.